The van der Waals surface area contributed by atoms with Gasteiger partial charge in [0, 0.05) is 25.8 Å². The Morgan fingerprint density at radius 3 is 2.57 bits per heavy atom. The first-order valence-electron chi connectivity index (χ1n) is 6.83. The van der Waals surface area contributed by atoms with Crippen molar-refractivity contribution >= 4 is 17.4 Å². The second kappa shape index (κ2) is 6.79. The Labute approximate surface area is 126 Å². The summed E-state index contributed by atoms with van der Waals surface area (Å²) in [6, 6.07) is 1.57. The van der Waals surface area contributed by atoms with Gasteiger partial charge in [-0.2, -0.15) is 13.2 Å². The van der Waals surface area contributed by atoms with E-state index in [0.29, 0.717) is 31.3 Å². The second-order valence-electron chi connectivity index (χ2n) is 4.91. The molecule has 1 aliphatic rings. The molecule has 0 bridgehead atoms. The van der Waals surface area contributed by atoms with E-state index in [1.165, 1.54) is 0 Å². The molecule has 1 aromatic rings. The minimum absolute atomic E-state index is 0.0753. The first-order chi connectivity index (χ1) is 9.90. The molecule has 0 radical (unpaired) electrons. The average Bonchev–Trinajstić information content (AvgIpc) is 2.44. The molecule has 0 saturated carbocycles. The Bertz CT molecular complexity index is 476. The fourth-order valence-electron chi connectivity index (χ4n) is 2.31. The lowest BCUT2D eigenvalue weighted by Gasteiger charge is -2.33. The van der Waals surface area contributed by atoms with Crippen molar-refractivity contribution in [3.8, 4) is 0 Å². The molecule has 1 aliphatic heterocycles. The molecule has 118 valence electrons. The molecule has 1 saturated heterocycles. The summed E-state index contributed by atoms with van der Waals surface area (Å²) in [6.45, 7) is 3.25. The maximum atomic E-state index is 12.7. The van der Waals surface area contributed by atoms with Crippen LogP contribution in [0.5, 0.6) is 0 Å². The van der Waals surface area contributed by atoms with Crippen LogP contribution in [0.4, 0.5) is 19.0 Å². The average molecular weight is 324 g/mol. The van der Waals surface area contributed by atoms with Gasteiger partial charge in [0.25, 0.3) is 0 Å². The first kappa shape index (κ1) is 16.3. The van der Waals surface area contributed by atoms with Crippen LogP contribution in [0.2, 0.25) is 5.15 Å². The molecule has 0 amide bonds. The molecule has 2 rings (SSSR count). The lowest BCUT2D eigenvalue weighted by atomic mass is 9.96. The van der Waals surface area contributed by atoms with Crippen LogP contribution < -0.4 is 4.90 Å². The number of rotatable bonds is 4. The Kier molecular flexibility index (Phi) is 5.27. The predicted molar refractivity (Wildman–Crippen MR) is 73.4 cm³/mol. The minimum Gasteiger partial charge on any atom is -0.374 e. The van der Waals surface area contributed by atoms with Crippen LogP contribution >= 0.6 is 11.6 Å². The summed E-state index contributed by atoms with van der Waals surface area (Å²) in [5.74, 6) is -0.225. The van der Waals surface area contributed by atoms with E-state index in [1.807, 2.05) is 11.8 Å². The van der Waals surface area contributed by atoms with Crippen LogP contribution in [0.15, 0.2) is 6.07 Å². The van der Waals surface area contributed by atoms with Crippen molar-refractivity contribution in [1.82, 2.24) is 9.97 Å². The third kappa shape index (κ3) is 4.44. The third-order valence-electron chi connectivity index (χ3n) is 3.44. The molecule has 0 N–H and O–H groups in total. The number of halogens is 4. The molecule has 0 unspecified atom stereocenters. The molecule has 1 fully saturated rings. The molecule has 21 heavy (non-hydrogen) atoms. The monoisotopic (exact) mass is 323 g/mol. The Balaban J connectivity index is 2.04. The van der Waals surface area contributed by atoms with Gasteiger partial charge in [0.15, 0.2) is 5.82 Å². The molecule has 8 heteroatoms. The van der Waals surface area contributed by atoms with E-state index in [1.54, 1.807) is 6.07 Å². The maximum Gasteiger partial charge on any atom is 0.391 e. The van der Waals surface area contributed by atoms with Crippen LogP contribution in [-0.2, 0) is 11.3 Å². The zero-order valence-electron chi connectivity index (χ0n) is 11.7. The van der Waals surface area contributed by atoms with E-state index in [-0.39, 0.29) is 24.6 Å². The van der Waals surface area contributed by atoms with Crippen LogP contribution in [-0.4, -0.2) is 35.8 Å². The molecule has 0 aliphatic carbocycles. The second-order valence-corrected chi connectivity index (χ2v) is 5.29. The molecular formula is C13H17ClF3N3O. The quantitative estimate of drug-likeness (QED) is 0.796. The molecule has 1 aromatic heterocycles. The number of aromatic nitrogens is 2. The number of ether oxygens (including phenoxy) is 1. The molecule has 0 spiro atoms. The molecule has 0 atom stereocenters. The van der Waals surface area contributed by atoms with E-state index in [2.05, 4.69) is 9.97 Å². The van der Waals surface area contributed by atoms with Crippen molar-refractivity contribution in [2.24, 2.45) is 5.92 Å². The fraction of sp³-hybridized carbons (Fsp3) is 0.692. The van der Waals surface area contributed by atoms with Gasteiger partial charge in [-0.05, 0) is 19.8 Å². The summed E-state index contributed by atoms with van der Waals surface area (Å²) in [4.78, 5) is 10.2. The lowest BCUT2D eigenvalue weighted by Crippen LogP contribution is -2.39. The van der Waals surface area contributed by atoms with Gasteiger partial charge in [0.2, 0.25) is 0 Å². The van der Waals surface area contributed by atoms with Crippen LogP contribution in [0, 0.1) is 5.92 Å². The topological polar surface area (TPSA) is 38.2 Å². The summed E-state index contributed by atoms with van der Waals surface area (Å²) in [5.41, 5.74) is 0. The number of piperidine rings is 1. The number of alkyl halides is 3. The van der Waals surface area contributed by atoms with Crippen molar-refractivity contribution in [1.29, 1.82) is 0 Å². The predicted octanol–water partition coefficient (Wildman–Crippen LogP) is 3.45. The largest absolute Gasteiger partial charge is 0.391 e. The third-order valence-corrected chi connectivity index (χ3v) is 3.64. The standard InChI is InChI=1S/C13H17ClF3N3O/c1-2-21-8-11-18-10(14)7-12(19-11)20-5-3-9(4-6-20)13(15,16)17/h7,9H,2-6,8H2,1H3. The highest BCUT2D eigenvalue weighted by Crippen LogP contribution is 2.35. The van der Waals surface area contributed by atoms with Crippen molar-refractivity contribution in [3.63, 3.8) is 0 Å². The summed E-state index contributed by atoms with van der Waals surface area (Å²) in [7, 11) is 0. The van der Waals surface area contributed by atoms with Gasteiger partial charge in [-0.25, -0.2) is 9.97 Å². The Morgan fingerprint density at radius 1 is 1.33 bits per heavy atom. The summed E-state index contributed by atoms with van der Waals surface area (Å²) >= 11 is 5.94. The summed E-state index contributed by atoms with van der Waals surface area (Å²) in [5, 5.41) is 0.271. The number of anilines is 1. The van der Waals surface area contributed by atoms with Gasteiger partial charge in [-0.1, -0.05) is 11.6 Å². The maximum absolute atomic E-state index is 12.7. The van der Waals surface area contributed by atoms with Crippen LogP contribution in [0.25, 0.3) is 0 Å². The van der Waals surface area contributed by atoms with Gasteiger partial charge in [0.1, 0.15) is 17.6 Å². The van der Waals surface area contributed by atoms with Gasteiger partial charge in [0.05, 0.1) is 5.92 Å². The molecular weight excluding hydrogens is 307 g/mol. The summed E-state index contributed by atoms with van der Waals surface area (Å²) < 4.78 is 43.2. The van der Waals surface area contributed by atoms with Crippen molar-refractivity contribution in [2.75, 3.05) is 24.6 Å². The SMILES string of the molecule is CCOCc1nc(Cl)cc(N2CCC(C(F)(F)F)CC2)n1. The highest BCUT2D eigenvalue weighted by molar-refractivity contribution is 6.29. The summed E-state index contributed by atoms with van der Waals surface area (Å²) in [6.07, 6.45) is -3.96. The van der Waals surface area contributed by atoms with Gasteiger partial charge in [-0.3, -0.25) is 0 Å². The fourth-order valence-corrected chi connectivity index (χ4v) is 2.50. The van der Waals surface area contributed by atoms with E-state index in [9.17, 15) is 13.2 Å². The minimum atomic E-state index is -4.12. The van der Waals surface area contributed by atoms with E-state index < -0.39 is 12.1 Å². The van der Waals surface area contributed by atoms with Crippen LogP contribution in [0.3, 0.4) is 0 Å². The highest BCUT2D eigenvalue weighted by atomic mass is 35.5. The van der Waals surface area contributed by atoms with Gasteiger partial charge >= 0.3 is 6.18 Å². The number of nitrogens with zero attached hydrogens (tertiary/aromatic N) is 3. The van der Waals surface area contributed by atoms with E-state index >= 15 is 0 Å². The smallest absolute Gasteiger partial charge is 0.374 e. The zero-order valence-corrected chi connectivity index (χ0v) is 12.4. The molecule has 2 heterocycles. The normalized spacial score (nSPS) is 17.3. The zero-order chi connectivity index (χ0) is 15.5. The van der Waals surface area contributed by atoms with Gasteiger partial charge in [-0.15, -0.1) is 0 Å². The van der Waals surface area contributed by atoms with Crippen molar-refractivity contribution in [3.05, 3.63) is 17.0 Å². The Hall–Kier alpha value is -1.08. The lowest BCUT2D eigenvalue weighted by molar-refractivity contribution is -0.179. The number of hydrogen-bond acceptors (Lipinski definition) is 4. The first-order valence-corrected chi connectivity index (χ1v) is 7.20. The van der Waals surface area contributed by atoms with Gasteiger partial charge < -0.3 is 9.64 Å². The van der Waals surface area contributed by atoms with Crippen molar-refractivity contribution < 1.29 is 17.9 Å². The molecule has 4 nitrogen and oxygen atoms in total. The number of hydrogen-bond donors (Lipinski definition) is 0. The van der Waals surface area contributed by atoms with E-state index in [0.717, 1.165) is 0 Å². The highest BCUT2D eigenvalue weighted by Gasteiger charge is 2.41. The molecule has 0 aromatic carbocycles. The van der Waals surface area contributed by atoms with E-state index in [4.69, 9.17) is 16.3 Å². The Morgan fingerprint density at radius 2 is 2.00 bits per heavy atom. The van der Waals surface area contributed by atoms with Crippen molar-refractivity contribution in [2.45, 2.75) is 32.5 Å². The van der Waals surface area contributed by atoms with Crippen LogP contribution in [0.1, 0.15) is 25.6 Å².